The molecular formula is C17H23N3. The Morgan fingerprint density at radius 1 is 1.30 bits per heavy atom. The van der Waals surface area contributed by atoms with Crippen LogP contribution in [-0.4, -0.2) is 36.1 Å². The first-order valence-electron chi connectivity index (χ1n) is 7.40. The van der Waals surface area contributed by atoms with Gasteiger partial charge in [-0.3, -0.25) is 4.90 Å². The van der Waals surface area contributed by atoms with Gasteiger partial charge in [-0.1, -0.05) is 11.6 Å². The van der Waals surface area contributed by atoms with Crippen LogP contribution in [-0.2, 0) is 0 Å². The van der Waals surface area contributed by atoms with Crippen LogP contribution in [0.4, 0.5) is 0 Å². The molecule has 2 heterocycles. The Hall–Kier alpha value is -1.58. The lowest BCUT2D eigenvalue weighted by molar-refractivity contribution is 0.172. The molecule has 0 saturated carbocycles. The van der Waals surface area contributed by atoms with Gasteiger partial charge in [0.25, 0.3) is 0 Å². The van der Waals surface area contributed by atoms with Crippen molar-refractivity contribution in [3.05, 3.63) is 48.2 Å². The van der Waals surface area contributed by atoms with Gasteiger partial charge in [-0.2, -0.15) is 0 Å². The van der Waals surface area contributed by atoms with E-state index in [9.17, 15) is 0 Å². The molecule has 0 bridgehead atoms. The highest BCUT2D eigenvalue weighted by molar-refractivity contribution is 5.80. The number of nitrogens with one attached hydrogen (secondary N) is 2. The number of fused-ring (bicyclic) bond motifs is 1. The third-order valence-electron chi connectivity index (χ3n) is 4.10. The molecule has 1 aromatic heterocycles. The van der Waals surface area contributed by atoms with Crippen LogP contribution in [0.15, 0.2) is 42.6 Å². The zero-order chi connectivity index (χ0) is 13.9. The molecule has 2 N–H and O–H groups in total. The number of rotatable bonds is 4. The molecule has 0 spiro atoms. The van der Waals surface area contributed by atoms with Gasteiger partial charge in [-0.15, -0.1) is 6.58 Å². The summed E-state index contributed by atoms with van der Waals surface area (Å²) in [5, 5.41) is 4.73. The summed E-state index contributed by atoms with van der Waals surface area (Å²) in [5.74, 6) is 0. The van der Waals surface area contributed by atoms with E-state index in [1.54, 1.807) is 0 Å². The number of benzene rings is 1. The molecule has 20 heavy (non-hydrogen) atoms. The Morgan fingerprint density at radius 3 is 2.85 bits per heavy atom. The fraction of sp³-hybridized carbons (Fsp3) is 0.412. The first-order chi connectivity index (χ1) is 9.74. The summed E-state index contributed by atoms with van der Waals surface area (Å²) in [6, 6.07) is 9.37. The second-order valence-electron chi connectivity index (χ2n) is 5.79. The number of aromatic amines is 1. The lowest BCUT2D eigenvalue weighted by atomic mass is 9.97. The molecule has 2 aromatic rings. The summed E-state index contributed by atoms with van der Waals surface area (Å²) in [6.07, 6.45) is 3.04. The average Bonchev–Trinajstić information content (AvgIpc) is 2.93. The van der Waals surface area contributed by atoms with Crippen LogP contribution in [0.3, 0.4) is 0 Å². The van der Waals surface area contributed by atoms with Gasteiger partial charge >= 0.3 is 0 Å². The van der Waals surface area contributed by atoms with Crippen molar-refractivity contribution >= 4 is 10.9 Å². The predicted octanol–water partition coefficient (Wildman–Crippen LogP) is 3.08. The van der Waals surface area contributed by atoms with Gasteiger partial charge in [0.15, 0.2) is 0 Å². The molecule has 3 heteroatoms. The zero-order valence-corrected chi connectivity index (χ0v) is 12.2. The first kappa shape index (κ1) is 13.4. The molecule has 3 rings (SSSR count). The normalized spacial score (nSPS) is 18.2. The van der Waals surface area contributed by atoms with Crippen LogP contribution < -0.4 is 5.32 Å². The Bertz CT molecular complexity index is 593. The highest BCUT2D eigenvalue weighted by atomic mass is 15.2. The van der Waals surface area contributed by atoms with Crippen molar-refractivity contribution in [2.24, 2.45) is 0 Å². The Balaban J connectivity index is 1.91. The number of nitrogens with zero attached hydrogens (tertiary/aromatic N) is 1. The van der Waals surface area contributed by atoms with E-state index in [4.69, 9.17) is 0 Å². The van der Waals surface area contributed by atoms with E-state index in [2.05, 4.69) is 53.0 Å². The predicted molar refractivity (Wildman–Crippen MR) is 84.9 cm³/mol. The van der Waals surface area contributed by atoms with E-state index in [1.165, 1.54) is 22.0 Å². The monoisotopic (exact) mass is 269 g/mol. The molecule has 1 fully saturated rings. The van der Waals surface area contributed by atoms with Gasteiger partial charge in [0, 0.05) is 43.9 Å². The molecule has 0 radical (unpaired) electrons. The van der Waals surface area contributed by atoms with Gasteiger partial charge in [-0.05, 0) is 42.5 Å². The van der Waals surface area contributed by atoms with Gasteiger partial charge < -0.3 is 10.3 Å². The lowest BCUT2D eigenvalue weighted by Gasteiger charge is -2.35. The van der Waals surface area contributed by atoms with E-state index in [1.807, 2.05) is 6.20 Å². The van der Waals surface area contributed by atoms with Gasteiger partial charge in [0.1, 0.15) is 0 Å². The number of hydrogen-bond donors (Lipinski definition) is 2. The van der Waals surface area contributed by atoms with Crippen molar-refractivity contribution in [3.63, 3.8) is 0 Å². The maximum Gasteiger partial charge on any atom is 0.0454 e. The summed E-state index contributed by atoms with van der Waals surface area (Å²) < 4.78 is 0. The van der Waals surface area contributed by atoms with Crippen molar-refractivity contribution in [2.75, 3.05) is 26.2 Å². The third-order valence-corrected chi connectivity index (χ3v) is 4.10. The largest absolute Gasteiger partial charge is 0.361 e. The second kappa shape index (κ2) is 5.81. The molecule has 106 valence electrons. The van der Waals surface area contributed by atoms with E-state index in [-0.39, 0.29) is 0 Å². The smallest absolute Gasteiger partial charge is 0.0454 e. The van der Waals surface area contributed by atoms with E-state index in [0.717, 1.165) is 32.6 Å². The van der Waals surface area contributed by atoms with Crippen LogP contribution >= 0.6 is 0 Å². The number of hydrogen-bond acceptors (Lipinski definition) is 2. The summed E-state index contributed by atoms with van der Waals surface area (Å²) in [7, 11) is 0. The van der Waals surface area contributed by atoms with Crippen LogP contribution in [0.1, 0.15) is 24.9 Å². The van der Waals surface area contributed by atoms with Crippen molar-refractivity contribution in [1.29, 1.82) is 0 Å². The van der Waals surface area contributed by atoms with Gasteiger partial charge in [-0.25, -0.2) is 0 Å². The molecule has 0 unspecified atom stereocenters. The molecule has 0 aliphatic carbocycles. The fourth-order valence-electron chi connectivity index (χ4n) is 3.06. The number of aromatic nitrogens is 1. The summed E-state index contributed by atoms with van der Waals surface area (Å²) in [4.78, 5) is 5.85. The molecule has 1 aromatic carbocycles. The fourth-order valence-corrected chi connectivity index (χ4v) is 3.06. The Labute approximate surface area is 120 Å². The molecule has 1 aliphatic heterocycles. The standard InChI is InChI=1S/C17H23N3/c1-13(2)11-17(20-9-7-18-8-10-20)15-3-4-16-14(12-15)5-6-19-16/h3-6,12,17-19H,1,7-11H2,2H3/t17-/m0/s1. The molecule has 3 nitrogen and oxygen atoms in total. The quantitative estimate of drug-likeness (QED) is 0.836. The molecule has 1 atom stereocenters. The zero-order valence-electron chi connectivity index (χ0n) is 12.2. The Morgan fingerprint density at radius 2 is 2.10 bits per heavy atom. The van der Waals surface area contributed by atoms with E-state index >= 15 is 0 Å². The minimum absolute atomic E-state index is 0.453. The van der Waals surface area contributed by atoms with Crippen molar-refractivity contribution < 1.29 is 0 Å². The van der Waals surface area contributed by atoms with Crippen LogP contribution in [0.25, 0.3) is 10.9 Å². The highest BCUT2D eigenvalue weighted by Crippen LogP contribution is 2.29. The number of H-pyrrole nitrogens is 1. The van der Waals surface area contributed by atoms with Crippen LogP contribution in [0, 0.1) is 0 Å². The molecule has 1 aliphatic rings. The summed E-state index contributed by atoms with van der Waals surface area (Å²) in [6.45, 7) is 10.6. The molecule has 1 saturated heterocycles. The van der Waals surface area contributed by atoms with Crippen molar-refractivity contribution in [3.8, 4) is 0 Å². The lowest BCUT2D eigenvalue weighted by Crippen LogP contribution is -2.45. The summed E-state index contributed by atoms with van der Waals surface area (Å²) >= 11 is 0. The number of piperazine rings is 1. The van der Waals surface area contributed by atoms with E-state index < -0.39 is 0 Å². The summed E-state index contributed by atoms with van der Waals surface area (Å²) in [5.41, 5.74) is 3.87. The third kappa shape index (κ3) is 2.79. The van der Waals surface area contributed by atoms with Crippen molar-refractivity contribution in [2.45, 2.75) is 19.4 Å². The minimum atomic E-state index is 0.453. The van der Waals surface area contributed by atoms with Gasteiger partial charge in [0.2, 0.25) is 0 Å². The van der Waals surface area contributed by atoms with Crippen LogP contribution in [0.5, 0.6) is 0 Å². The molecular weight excluding hydrogens is 246 g/mol. The minimum Gasteiger partial charge on any atom is -0.361 e. The first-order valence-corrected chi connectivity index (χ1v) is 7.40. The van der Waals surface area contributed by atoms with E-state index in [0.29, 0.717) is 6.04 Å². The highest BCUT2D eigenvalue weighted by Gasteiger charge is 2.22. The van der Waals surface area contributed by atoms with Crippen LogP contribution in [0.2, 0.25) is 0 Å². The maximum atomic E-state index is 4.12. The van der Waals surface area contributed by atoms with Crippen molar-refractivity contribution in [1.82, 2.24) is 15.2 Å². The topological polar surface area (TPSA) is 31.1 Å². The maximum absolute atomic E-state index is 4.12. The average molecular weight is 269 g/mol. The van der Waals surface area contributed by atoms with Gasteiger partial charge in [0.05, 0.1) is 0 Å². The Kier molecular flexibility index (Phi) is 3.90. The molecule has 0 amide bonds. The SMILES string of the molecule is C=C(C)C[C@@H](c1ccc2[nH]ccc2c1)N1CCNCC1. The second-order valence-corrected chi connectivity index (χ2v) is 5.79.